The molecule has 0 atom stereocenters. The summed E-state index contributed by atoms with van der Waals surface area (Å²) in [6.45, 7) is 6.89. The molecule has 3 aromatic rings. The zero-order valence-corrected chi connectivity index (χ0v) is 12.3. The third kappa shape index (κ3) is 1.34. The van der Waals surface area contributed by atoms with Crippen LogP contribution in [0.4, 0.5) is 0 Å². The summed E-state index contributed by atoms with van der Waals surface area (Å²) >= 11 is 1.96. The van der Waals surface area contributed by atoms with E-state index in [0.29, 0.717) is 0 Å². The highest BCUT2D eigenvalue weighted by molar-refractivity contribution is 7.20. The number of aryl methyl sites for hydroxylation is 1. The molecule has 1 aliphatic carbocycles. The fraction of sp³-hybridized carbons (Fsp3) is 0.222. The molecule has 0 aliphatic heterocycles. The lowest BCUT2D eigenvalue weighted by atomic mass is 9.86. The van der Waals surface area contributed by atoms with Gasteiger partial charge in [0.05, 0.1) is 0 Å². The molecular weight excluding hydrogens is 248 g/mol. The minimum absolute atomic E-state index is 0.139. The molecule has 0 saturated carbocycles. The van der Waals surface area contributed by atoms with E-state index < -0.39 is 0 Å². The van der Waals surface area contributed by atoms with Gasteiger partial charge in [-0.25, -0.2) is 0 Å². The molecule has 0 radical (unpaired) electrons. The van der Waals surface area contributed by atoms with E-state index in [1.807, 2.05) is 11.3 Å². The molecule has 4 rings (SSSR count). The van der Waals surface area contributed by atoms with Crippen LogP contribution in [-0.4, -0.2) is 0 Å². The maximum absolute atomic E-state index is 2.36. The first-order valence-corrected chi connectivity index (χ1v) is 7.54. The van der Waals surface area contributed by atoms with Gasteiger partial charge < -0.3 is 0 Å². The maximum Gasteiger partial charge on any atom is 0.0352 e. The van der Waals surface area contributed by atoms with E-state index in [0.717, 1.165) is 0 Å². The van der Waals surface area contributed by atoms with Gasteiger partial charge >= 0.3 is 0 Å². The van der Waals surface area contributed by atoms with Crippen molar-refractivity contribution < 1.29 is 0 Å². The van der Waals surface area contributed by atoms with Gasteiger partial charge in [-0.05, 0) is 24.1 Å². The quantitative estimate of drug-likeness (QED) is 0.502. The number of benzene rings is 2. The Morgan fingerprint density at radius 1 is 1.00 bits per heavy atom. The van der Waals surface area contributed by atoms with Crippen LogP contribution < -0.4 is 0 Å². The average Bonchev–Trinajstić information content (AvgIpc) is 2.87. The van der Waals surface area contributed by atoms with Crippen molar-refractivity contribution in [3.05, 3.63) is 58.5 Å². The topological polar surface area (TPSA) is 0 Å². The van der Waals surface area contributed by atoms with Crippen molar-refractivity contribution >= 4 is 21.4 Å². The van der Waals surface area contributed by atoms with Gasteiger partial charge in [-0.2, -0.15) is 0 Å². The second-order valence-corrected chi connectivity index (χ2v) is 7.03. The van der Waals surface area contributed by atoms with Crippen molar-refractivity contribution in [3.8, 4) is 11.1 Å². The van der Waals surface area contributed by atoms with Crippen molar-refractivity contribution in [2.75, 3.05) is 0 Å². The van der Waals surface area contributed by atoms with E-state index in [4.69, 9.17) is 0 Å². The Morgan fingerprint density at radius 3 is 2.63 bits per heavy atom. The van der Waals surface area contributed by atoms with E-state index >= 15 is 0 Å². The van der Waals surface area contributed by atoms with E-state index in [2.05, 4.69) is 63.2 Å². The number of hydrogen-bond donors (Lipinski definition) is 0. The third-order valence-corrected chi connectivity index (χ3v) is 5.78. The standard InChI is InChI=1S/C18H16S/c1-11-8-9-12-14(10-11)18(2,3)17-16(12)13-6-4-5-7-15(13)19-17/h4-10H,1-3H3. The van der Waals surface area contributed by atoms with Crippen LogP contribution in [0, 0.1) is 6.92 Å². The lowest BCUT2D eigenvalue weighted by Gasteiger charge is -2.20. The molecule has 0 amide bonds. The van der Waals surface area contributed by atoms with Crippen molar-refractivity contribution in [1.82, 2.24) is 0 Å². The van der Waals surface area contributed by atoms with Crippen LogP contribution in [0.25, 0.3) is 21.2 Å². The van der Waals surface area contributed by atoms with Crippen LogP contribution >= 0.6 is 11.3 Å². The first-order chi connectivity index (χ1) is 9.09. The molecule has 1 aromatic heterocycles. The van der Waals surface area contributed by atoms with Gasteiger partial charge in [0.15, 0.2) is 0 Å². The van der Waals surface area contributed by atoms with Gasteiger partial charge in [0.25, 0.3) is 0 Å². The van der Waals surface area contributed by atoms with Gasteiger partial charge in [0.1, 0.15) is 0 Å². The SMILES string of the molecule is Cc1ccc2c(c1)C(C)(C)c1sc3ccccc3c1-2. The monoisotopic (exact) mass is 264 g/mol. The molecule has 0 bridgehead atoms. The first kappa shape index (κ1) is 11.2. The number of hydrogen-bond acceptors (Lipinski definition) is 1. The van der Waals surface area contributed by atoms with E-state index in [1.54, 1.807) is 0 Å². The minimum atomic E-state index is 0.139. The van der Waals surface area contributed by atoms with E-state index in [-0.39, 0.29) is 5.41 Å². The van der Waals surface area contributed by atoms with Gasteiger partial charge in [-0.15, -0.1) is 11.3 Å². The van der Waals surface area contributed by atoms with E-state index in [1.165, 1.54) is 37.2 Å². The summed E-state index contributed by atoms with van der Waals surface area (Å²) in [4.78, 5) is 1.52. The van der Waals surface area contributed by atoms with Crippen molar-refractivity contribution in [3.63, 3.8) is 0 Å². The van der Waals surface area contributed by atoms with Crippen LogP contribution in [0.2, 0.25) is 0 Å². The molecule has 0 spiro atoms. The highest BCUT2D eigenvalue weighted by Crippen LogP contribution is 2.55. The predicted molar refractivity (Wildman–Crippen MR) is 84.1 cm³/mol. The molecule has 94 valence electrons. The number of fused-ring (bicyclic) bond motifs is 5. The number of rotatable bonds is 0. The van der Waals surface area contributed by atoms with Crippen LogP contribution in [0.5, 0.6) is 0 Å². The lowest BCUT2D eigenvalue weighted by Crippen LogP contribution is -2.13. The van der Waals surface area contributed by atoms with Gasteiger partial charge in [0, 0.05) is 25.9 Å². The molecule has 0 N–H and O–H groups in total. The largest absolute Gasteiger partial charge is 0.139 e. The summed E-state index contributed by atoms with van der Waals surface area (Å²) < 4.78 is 1.41. The summed E-state index contributed by atoms with van der Waals surface area (Å²) in [5.74, 6) is 0. The second-order valence-electron chi connectivity index (χ2n) is 5.98. The fourth-order valence-electron chi connectivity index (χ4n) is 3.27. The molecule has 0 saturated heterocycles. The Kier molecular flexibility index (Phi) is 2.06. The minimum Gasteiger partial charge on any atom is -0.139 e. The average molecular weight is 264 g/mol. The first-order valence-electron chi connectivity index (χ1n) is 6.72. The summed E-state index contributed by atoms with van der Waals surface area (Å²) in [7, 11) is 0. The molecule has 0 nitrogen and oxygen atoms in total. The molecule has 1 heteroatoms. The smallest absolute Gasteiger partial charge is 0.0352 e. The van der Waals surface area contributed by atoms with Crippen LogP contribution in [0.15, 0.2) is 42.5 Å². The van der Waals surface area contributed by atoms with Crippen molar-refractivity contribution in [1.29, 1.82) is 0 Å². The van der Waals surface area contributed by atoms with Gasteiger partial charge in [-0.3, -0.25) is 0 Å². The zero-order chi connectivity index (χ0) is 13.2. The number of thiophene rings is 1. The Labute approximate surface area is 117 Å². The maximum atomic E-state index is 2.36. The summed E-state index contributed by atoms with van der Waals surface area (Å²) in [6, 6.07) is 15.7. The highest BCUT2D eigenvalue weighted by Gasteiger charge is 2.38. The Balaban J connectivity index is 2.18. The molecular formula is C18H16S. The fourth-order valence-corrected chi connectivity index (χ4v) is 4.60. The summed E-state index contributed by atoms with van der Waals surface area (Å²) in [5, 5.41) is 1.41. The molecule has 1 aliphatic rings. The summed E-state index contributed by atoms with van der Waals surface area (Å²) in [6.07, 6.45) is 0. The lowest BCUT2D eigenvalue weighted by molar-refractivity contribution is 0.674. The van der Waals surface area contributed by atoms with E-state index in [9.17, 15) is 0 Å². The molecule has 0 fully saturated rings. The second kappa shape index (κ2) is 3.49. The molecule has 19 heavy (non-hydrogen) atoms. The predicted octanol–water partition coefficient (Wildman–Crippen LogP) is 5.52. The highest BCUT2D eigenvalue weighted by atomic mass is 32.1. The Bertz CT molecular complexity index is 806. The zero-order valence-electron chi connectivity index (χ0n) is 11.4. The van der Waals surface area contributed by atoms with Gasteiger partial charge in [0.2, 0.25) is 0 Å². The summed E-state index contributed by atoms with van der Waals surface area (Å²) in [5.41, 5.74) is 5.88. The van der Waals surface area contributed by atoms with Crippen molar-refractivity contribution in [2.24, 2.45) is 0 Å². The van der Waals surface area contributed by atoms with Gasteiger partial charge in [-0.1, -0.05) is 55.8 Å². The van der Waals surface area contributed by atoms with Crippen LogP contribution in [-0.2, 0) is 5.41 Å². The molecule has 0 unspecified atom stereocenters. The van der Waals surface area contributed by atoms with Crippen LogP contribution in [0.1, 0.15) is 29.9 Å². The Hall–Kier alpha value is -1.60. The third-order valence-electron chi connectivity index (χ3n) is 4.28. The Morgan fingerprint density at radius 2 is 1.79 bits per heavy atom. The normalized spacial score (nSPS) is 15.5. The van der Waals surface area contributed by atoms with Crippen molar-refractivity contribution in [2.45, 2.75) is 26.2 Å². The molecule has 1 heterocycles. The molecule has 2 aromatic carbocycles. The van der Waals surface area contributed by atoms with Crippen LogP contribution in [0.3, 0.4) is 0 Å².